The molecule has 4 heteroatoms. The zero-order valence-corrected chi connectivity index (χ0v) is 14.9. The number of hydrogen-bond donors (Lipinski definition) is 1. The highest BCUT2D eigenvalue weighted by Crippen LogP contribution is 2.62. The average molecular weight is 327 g/mol. The van der Waals surface area contributed by atoms with Crippen molar-refractivity contribution in [1.29, 1.82) is 0 Å². The Balaban J connectivity index is 1.36. The number of rotatable bonds is 5. The largest absolute Gasteiger partial charge is 0.352 e. The molecule has 24 heavy (non-hydrogen) atoms. The van der Waals surface area contributed by atoms with Crippen LogP contribution >= 0.6 is 0 Å². The van der Waals surface area contributed by atoms with Gasteiger partial charge in [0.15, 0.2) is 0 Å². The molecular formula is C20H29N3O. The average Bonchev–Trinajstić information content (AvgIpc) is 2.91. The zero-order chi connectivity index (χ0) is 16.7. The van der Waals surface area contributed by atoms with E-state index in [-0.39, 0.29) is 5.91 Å². The molecular weight excluding hydrogens is 298 g/mol. The van der Waals surface area contributed by atoms with Crippen molar-refractivity contribution >= 4 is 5.91 Å². The van der Waals surface area contributed by atoms with Gasteiger partial charge < -0.3 is 9.88 Å². The fourth-order valence-corrected chi connectivity index (χ4v) is 5.93. The lowest BCUT2D eigenvalue weighted by atomic mass is 9.48. The highest BCUT2D eigenvalue weighted by Gasteiger charge is 2.51. The van der Waals surface area contributed by atoms with E-state index in [1.807, 2.05) is 23.9 Å². The molecule has 4 bridgehead atoms. The van der Waals surface area contributed by atoms with Gasteiger partial charge in [0.2, 0.25) is 5.91 Å². The molecule has 0 aromatic carbocycles. The van der Waals surface area contributed by atoms with Crippen LogP contribution in [0.4, 0.5) is 0 Å². The molecule has 1 N–H and O–H groups in total. The predicted octanol–water partition coefficient (Wildman–Crippen LogP) is 3.24. The minimum absolute atomic E-state index is 0.0671. The third-order valence-corrected chi connectivity index (χ3v) is 6.79. The summed E-state index contributed by atoms with van der Waals surface area (Å²) < 4.78 is 2.00. The van der Waals surface area contributed by atoms with E-state index in [1.165, 1.54) is 44.1 Å². The normalized spacial score (nSPS) is 34.6. The molecule has 130 valence electrons. The van der Waals surface area contributed by atoms with Gasteiger partial charge in [0, 0.05) is 38.5 Å². The standard InChI is InChI=1S/C20H29N3O/c1-14(7-19(24)22-4-3-18-21-5-6-23(18)2)20-11-15-8-16(12-20)10-17(9-15)13-20/h5-7,15-17H,3-4,8-13H2,1-2H3,(H,22,24). The van der Waals surface area contributed by atoms with Crippen LogP contribution in [0.3, 0.4) is 0 Å². The van der Waals surface area contributed by atoms with Gasteiger partial charge in [-0.15, -0.1) is 0 Å². The van der Waals surface area contributed by atoms with E-state index < -0.39 is 0 Å². The minimum Gasteiger partial charge on any atom is -0.352 e. The second-order valence-corrected chi connectivity index (χ2v) is 8.52. The Morgan fingerprint density at radius 1 is 1.29 bits per heavy atom. The summed E-state index contributed by atoms with van der Waals surface area (Å²) in [5.74, 6) is 3.85. The van der Waals surface area contributed by atoms with Crippen molar-refractivity contribution in [2.45, 2.75) is 51.9 Å². The van der Waals surface area contributed by atoms with Gasteiger partial charge >= 0.3 is 0 Å². The van der Waals surface area contributed by atoms with E-state index in [2.05, 4.69) is 17.2 Å². The molecule has 4 saturated carbocycles. The van der Waals surface area contributed by atoms with E-state index in [1.54, 1.807) is 6.20 Å². The summed E-state index contributed by atoms with van der Waals surface area (Å²) in [4.78, 5) is 16.6. The lowest BCUT2D eigenvalue weighted by molar-refractivity contribution is -0.116. The minimum atomic E-state index is 0.0671. The smallest absolute Gasteiger partial charge is 0.243 e. The molecule has 1 amide bonds. The van der Waals surface area contributed by atoms with Crippen LogP contribution in [-0.4, -0.2) is 22.0 Å². The Morgan fingerprint density at radius 3 is 2.46 bits per heavy atom. The van der Waals surface area contributed by atoms with E-state index in [9.17, 15) is 4.79 Å². The summed E-state index contributed by atoms with van der Waals surface area (Å²) in [7, 11) is 1.99. The Bertz CT molecular complexity index is 622. The number of imidazole rings is 1. The van der Waals surface area contributed by atoms with Crippen molar-refractivity contribution in [3.63, 3.8) is 0 Å². The number of nitrogens with one attached hydrogen (secondary N) is 1. The molecule has 4 fully saturated rings. The number of amides is 1. The van der Waals surface area contributed by atoms with E-state index in [0.717, 1.165) is 30.0 Å². The molecule has 0 saturated heterocycles. The Morgan fingerprint density at radius 2 is 1.92 bits per heavy atom. The van der Waals surface area contributed by atoms with Crippen molar-refractivity contribution in [2.75, 3.05) is 6.54 Å². The van der Waals surface area contributed by atoms with Crippen molar-refractivity contribution in [1.82, 2.24) is 14.9 Å². The lowest BCUT2D eigenvalue weighted by Crippen LogP contribution is -2.46. The highest BCUT2D eigenvalue weighted by atomic mass is 16.1. The van der Waals surface area contributed by atoms with Crippen LogP contribution in [-0.2, 0) is 18.3 Å². The van der Waals surface area contributed by atoms with Gasteiger partial charge in [0.05, 0.1) is 0 Å². The maximum absolute atomic E-state index is 12.3. The van der Waals surface area contributed by atoms with Crippen LogP contribution < -0.4 is 5.32 Å². The first-order valence-corrected chi connectivity index (χ1v) is 9.47. The first-order valence-electron chi connectivity index (χ1n) is 9.47. The molecule has 0 aliphatic heterocycles. The Hall–Kier alpha value is -1.58. The van der Waals surface area contributed by atoms with E-state index >= 15 is 0 Å². The van der Waals surface area contributed by atoms with Gasteiger partial charge in [-0.1, -0.05) is 5.57 Å². The molecule has 4 aliphatic rings. The maximum Gasteiger partial charge on any atom is 0.243 e. The fraction of sp³-hybridized carbons (Fsp3) is 0.700. The summed E-state index contributed by atoms with van der Waals surface area (Å²) in [5.41, 5.74) is 1.67. The van der Waals surface area contributed by atoms with Gasteiger partial charge in [-0.25, -0.2) is 4.98 Å². The molecule has 0 radical (unpaired) electrons. The topological polar surface area (TPSA) is 46.9 Å². The number of allylic oxidation sites excluding steroid dienone is 1. The van der Waals surface area contributed by atoms with Crippen LogP contribution in [0, 0.1) is 23.2 Å². The molecule has 0 atom stereocenters. The first kappa shape index (κ1) is 15.9. The highest BCUT2D eigenvalue weighted by molar-refractivity contribution is 5.88. The fourth-order valence-electron chi connectivity index (χ4n) is 5.93. The number of aromatic nitrogens is 2. The van der Waals surface area contributed by atoms with Gasteiger partial charge in [-0.2, -0.15) is 0 Å². The van der Waals surface area contributed by atoms with E-state index in [4.69, 9.17) is 0 Å². The third-order valence-electron chi connectivity index (χ3n) is 6.79. The molecule has 4 aliphatic carbocycles. The third kappa shape index (κ3) is 2.91. The maximum atomic E-state index is 12.3. The number of nitrogens with zero attached hydrogens (tertiary/aromatic N) is 2. The van der Waals surface area contributed by atoms with Crippen LogP contribution in [0.5, 0.6) is 0 Å². The quantitative estimate of drug-likeness (QED) is 0.844. The summed E-state index contributed by atoms with van der Waals surface area (Å²) in [5, 5.41) is 3.04. The molecule has 1 aromatic rings. The molecule has 1 heterocycles. The number of carbonyl (C=O) groups is 1. The SMILES string of the molecule is CC(=CC(=O)NCCc1nccn1C)C12CC3CC(CC(C3)C1)C2. The van der Waals surface area contributed by atoms with Gasteiger partial charge in [0.1, 0.15) is 5.82 Å². The monoisotopic (exact) mass is 327 g/mol. The van der Waals surface area contributed by atoms with Crippen molar-refractivity contribution < 1.29 is 4.79 Å². The summed E-state index contributed by atoms with van der Waals surface area (Å²) in [6.07, 6.45) is 14.7. The second-order valence-electron chi connectivity index (χ2n) is 8.52. The van der Waals surface area contributed by atoms with Crippen molar-refractivity contribution in [3.8, 4) is 0 Å². The summed E-state index contributed by atoms with van der Waals surface area (Å²) in [6, 6.07) is 0. The molecule has 1 aromatic heterocycles. The van der Waals surface area contributed by atoms with Crippen LogP contribution in [0.25, 0.3) is 0 Å². The zero-order valence-electron chi connectivity index (χ0n) is 14.9. The molecule has 5 rings (SSSR count). The van der Waals surface area contributed by atoms with Crippen molar-refractivity contribution in [2.24, 2.45) is 30.2 Å². The Labute approximate surface area is 144 Å². The van der Waals surface area contributed by atoms with E-state index in [0.29, 0.717) is 12.0 Å². The van der Waals surface area contributed by atoms with Crippen LogP contribution in [0.1, 0.15) is 51.3 Å². The summed E-state index contributed by atoms with van der Waals surface area (Å²) in [6.45, 7) is 2.85. The summed E-state index contributed by atoms with van der Waals surface area (Å²) >= 11 is 0. The van der Waals surface area contributed by atoms with Crippen LogP contribution in [0.2, 0.25) is 0 Å². The lowest BCUT2D eigenvalue weighted by Gasteiger charge is -2.57. The van der Waals surface area contributed by atoms with Crippen LogP contribution in [0.15, 0.2) is 24.0 Å². The number of hydrogen-bond acceptors (Lipinski definition) is 2. The van der Waals surface area contributed by atoms with Gasteiger partial charge in [-0.3, -0.25) is 4.79 Å². The molecule has 4 nitrogen and oxygen atoms in total. The van der Waals surface area contributed by atoms with Crippen molar-refractivity contribution in [3.05, 3.63) is 29.9 Å². The molecule has 0 spiro atoms. The second kappa shape index (κ2) is 6.05. The Kier molecular flexibility index (Phi) is 4.01. The number of carbonyl (C=O) groups excluding carboxylic acids is 1. The number of aryl methyl sites for hydroxylation is 1. The molecule has 0 unspecified atom stereocenters. The first-order chi connectivity index (χ1) is 11.5. The van der Waals surface area contributed by atoms with Gasteiger partial charge in [0.25, 0.3) is 0 Å². The van der Waals surface area contributed by atoms with Gasteiger partial charge in [-0.05, 0) is 68.6 Å². The predicted molar refractivity (Wildman–Crippen MR) is 94.3 cm³/mol.